The average molecular weight is 449 g/mol. The van der Waals surface area contributed by atoms with Gasteiger partial charge >= 0.3 is 5.97 Å². The molecule has 7 heteroatoms. The summed E-state index contributed by atoms with van der Waals surface area (Å²) in [5.74, 6) is 0.218. The van der Waals surface area contributed by atoms with Crippen LogP contribution in [-0.4, -0.2) is 24.3 Å². The van der Waals surface area contributed by atoms with Crippen LogP contribution in [0.5, 0.6) is 5.75 Å². The first-order chi connectivity index (χ1) is 15.4. The van der Waals surface area contributed by atoms with Gasteiger partial charge in [0, 0.05) is 5.56 Å². The van der Waals surface area contributed by atoms with Crippen LogP contribution in [0.15, 0.2) is 69.6 Å². The summed E-state index contributed by atoms with van der Waals surface area (Å²) in [6.45, 7) is 5.78. The molecule has 0 bridgehead atoms. The maximum absolute atomic E-state index is 13.6. The van der Waals surface area contributed by atoms with Gasteiger partial charge in [-0.15, -0.1) is 0 Å². The number of aromatic nitrogens is 1. The van der Waals surface area contributed by atoms with Gasteiger partial charge in [0.1, 0.15) is 5.75 Å². The van der Waals surface area contributed by atoms with Crippen LogP contribution in [0, 0.1) is 6.92 Å². The summed E-state index contributed by atoms with van der Waals surface area (Å²) in [5.41, 5.74) is 3.45. The molecule has 4 rings (SSSR count). The van der Waals surface area contributed by atoms with Crippen LogP contribution in [0.1, 0.15) is 36.6 Å². The van der Waals surface area contributed by atoms with E-state index in [0.29, 0.717) is 26.4 Å². The van der Waals surface area contributed by atoms with Crippen molar-refractivity contribution in [2.45, 2.75) is 26.8 Å². The van der Waals surface area contributed by atoms with Gasteiger partial charge in [-0.25, -0.2) is 9.79 Å². The third-order valence-electron chi connectivity index (χ3n) is 5.34. The maximum atomic E-state index is 13.6. The minimum absolute atomic E-state index is 0.209. The number of para-hydroxylation sites is 1. The standard InChI is InChI=1S/C25H24N2O4S/c1-5-31-24(29)21-16(3)26-25-27(22(21)17-12-10-15(2)11-13-17)23(28)20(32-25)14-18-8-6-7-9-19(18)30-4/h6-14,22H,5H2,1-4H3/b20-14-. The average Bonchev–Trinajstić information content (AvgIpc) is 3.08. The molecule has 1 unspecified atom stereocenters. The highest BCUT2D eigenvalue weighted by Crippen LogP contribution is 2.30. The Morgan fingerprint density at radius 3 is 2.56 bits per heavy atom. The molecule has 0 fully saturated rings. The normalized spacial score (nSPS) is 15.9. The van der Waals surface area contributed by atoms with Gasteiger partial charge < -0.3 is 9.47 Å². The number of hydrogen-bond acceptors (Lipinski definition) is 6. The molecule has 32 heavy (non-hydrogen) atoms. The number of rotatable bonds is 5. The van der Waals surface area contributed by atoms with Crippen molar-refractivity contribution in [3.05, 3.63) is 96.2 Å². The van der Waals surface area contributed by atoms with E-state index >= 15 is 0 Å². The van der Waals surface area contributed by atoms with Gasteiger partial charge in [0.25, 0.3) is 5.56 Å². The number of carbonyl (C=O) groups excluding carboxylic acids is 1. The second-order valence-corrected chi connectivity index (χ2v) is 8.46. The Labute approximate surface area is 189 Å². The van der Waals surface area contributed by atoms with E-state index in [1.165, 1.54) is 11.3 Å². The molecular weight excluding hydrogens is 424 g/mol. The molecule has 0 spiro atoms. The van der Waals surface area contributed by atoms with Crippen LogP contribution in [0.3, 0.4) is 0 Å². The summed E-state index contributed by atoms with van der Waals surface area (Å²) in [6, 6.07) is 14.7. The van der Waals surface area contributed by atoms with E-state index < -0.39 is 12.0 Å². The van der Waals surface area contributed by atoms with Gasteiger partial charge in [-0.05, 0) is 38.5 Å². The van der Waals surface area contributed by atoms with Crippen LogP contribution >= 0.6 is 11.3 Å². The molecule has 0 radical (unpaired) electrons. The molecular formula is C25H24N2O4S. The van der Waals surface area contributed by atoms with Crippen molar-refractivity contribution in [3.63, 3.8) is 0 Å². The van der Waals surface area contributed by atoms with Crippen LogP contribution in [0.4, 0.5) is 0 Å². The van der Waals surface area contributed by atoms with Crippen molar-refractivity contribution in [1.29, 1.82) is 0 Å². The fraction of sp³-hybridized carbons (Fsp3) is 0.240. The number of thiazole rings is 1. The predicted octanol–water partition coefficient (Wildman–Crippen LogP) is 3.12. The third kappa shape index (κ3) is 3.91. The maximum Gasteiger partial charge on any atom is 0.338 e. The topological polar surface area (TPSA) is 69.9 Å². The van der Waals surface area contributed by atoms with E-state index in [9.17, 15) is 9.59 Å². The summed E-state index contributed by atoms with van der Waals surface area (Å²) < 4.78 is 12.9. The lowest BCUT2D eigenvalue weighted by Gasteiger charge is -2.24. The fourth-order valence-corrected chi connectivity index (χ4v) is 4.82. The fourth-order valence-electron chi connectivity index (χ4n) is 3.78. The van der Waals surface area contributed by atoms with E-state index in [1.807, 2.05) is 55.5 Å². The minimum Gasteiger partial charge on any atom is -0.496 e. The van der Waals surface area contributed by atoms with Crippen LogP contribution in [0.25, 0.3) is 6.08 Å². The molecule has 0 saturated heterocycles. The summed E-state index contributed by atoms with van der Waals surface area (Å²) in [5, 5.41) is 0. The lowest BCUT2D eigenvalue weighted by Crippen LogP contribution is -2.39. The number of esters is 1. The molecule has 2 heterocycles. The number of benzene rings is 2. The van der Waals surface area contributed by atoms with Gasteiger partial charge in [0.2, 0.25) is 0 Å². The van der Waals surface area contributed by atoms with E-state index in [-0.39, 0.29) is 12.2 Å². The zero-order valence-electron chi connectivity index (χ0n) is 18.4. The Balaban J connectivity index is 1.97. The second kappa shape index (κ2) is 8.96. The number of carbonyl (C=O) groups is 1. The van der Waals surface area contributed by atoms with Crippen molar-refractivity contribution in [1.82, 2.24) is 4.57 Å². The van der Waals surface area contributed by atoms with Crippen molar-refractivity contribution < 1.29 is 14.3 Å². The SMILES string of the molecule is CCOC(=O)C1=C(C)N=c2s/c(=C\c3ccccc3OC)c(=O)n2C1c1ccc(C)cc1. The Morgan fingerprint density at radius 1 is 1.16 bits per heavy atom. The number of aryl methyl sites for hydroxylation is 1. The van der Waals surface area contributed by atoms with Crippen molar-refractivity contribution in [2.24, 2.45) is 4.99 Å². The quantitative estimate of drug-likeness (QED) is 0.563. The Hall–Kier alpha value is -3.45. The first-order valence-corrected chi connectivity index (χ1v) is 11.2. The molecule has 164 valence electrons. The number of allylic oxidation sites excluding steroid dienone is 1. The first-order valence-electron chi connectivity index (χ1n) is 10.3. The highest BCUT2D eigenvalue weighted by atomic mass is 32.1. The number of ether oxygens (including phenoxy) is 2. The Kier molecular flexibility index (Phi) is 6.10. The largest absolute Gasteiger partial charge is 0.496 e. The number of methoxy groups -OCH3 is 1. The molecule has 1 atom stereocenters. The molecule has 0 N–H and O–H groups in total. The smallest absolute Gasteiger partial charge is 0.338 e. The summed E-state index contributed by atoms with van der Waals surface area (Å²) in [4.78, 5) is 31.6. The van der Waals surface area contributed by atoms with Gasteiger partial charge in [0.15, 0.2) is 4.80 Å². The highest BCUT2D eigenvalue weighted by Gasteiger charge is 2.33. The van der Waals surface area contributed by atoms with Crippen molar-refractivity contribution >= 4 is 23.4 Å². The van der Waals surface area contributed by atoms with Crippen LogP contribution in [0.2, 0.25) is 0 Å². The van der Waals surface area contributed by atoms with E-state index in [2.05, 4.69) is 4.99 Å². The number of hydrogen-bond donors (Lipinski definition) is 0. The van der Waals surface area contributed by atoms with E-state index in [1.54, 1.807) is 31.6 Å². The van der Waals surface area contributed by atoms with Crippen LogP contribution in [-0.2, 0) is 9.53 Å². The summed E-state index contributed by atoms with van der Waals surface area (Å²) in [6.07, 6.45) is 1.80. The van der Waals surface area contributed by atoms with Crippen molar-refractivity contribution in [2.75, 3.05) is 13.7 Å². The molecule has 1 aliphatic rings. The molecule has 3 aromatic rings. The third-order valence-corrected chi connectivity index (χ3v) is 6.32. The molecule has 0 saturated carbocycles. The number of nitrogens with zero attached hydrogens (tertiary/aromatic N) is 2. The Morgan fingerprint density at radius 2 is 1.88 bits per heavy atom. The van der Waals surface area contributed by atoms with Gasteiger partial charge in [-0.1, -0.05) is 59.4 Å². The molecule has 2 aromatic carbocycles. The summed E-state index contributed by atoms with van der Waals surface area (Å²) in [7, 11) is 1.60. The van der Waals surface area contributed by atoms with Crippen molar-refractivity contribution in [3.8, 4) is 5.75 Å². The van der Waals surface area contributed by atoms with Gasteiger partial charge in [-0.3, -0.25) is 9.36 Å². The molecule has 1 aromatic heterocycles. The zero-order chi connectivity index (χ0) is 22.8. The first kappa shape index (κ1) is 21.8. The highest BCUT2D eigenvalue weighted by molar-refractivity contribution is 7.07. The summed E-state index contributed by atoms with van der Waals surface area (Å²) >= 11 is 1.29. The molecule has 6 nitrogen and oxygen atoms in total. The van der Waals surface area contributed by atoms with Crippen LogP contribution < -0.4 is 19.6 Å². The molecule has 0 amide bonds. The van der Waals surface area contributed by atoms with E-state index in [4.69, 9.17) is 9.47 Å². The monoisotopic (exact) mass is 448 g/mol. The van der Waals surface area contributed by atoms with Gasteiger partial charge in [-0.2, -0.15) is 0 Å². The van der Waals surface area contributed by atoms with E-state index in [0.717, 1.165) is 16.7 Å². The molecule has 0 aliphatic carbocycles. The minimum atomic E-state index is -0.606. The lowest BCUT2D eigenvalue weighted by atomic mass is 9.95. The Bertz CT molecular complexity index is 1380. The lowest BCUT2D eigenvalue weighted by molar-refractivity contribution is -0.139. The second-order valence-electron chi connectivity index (χ2n) is 7.45. The zero-order valence-corrected chi connectivity index (χ0v) is 19.2. The predicted molar refractivity (Wildman–Crippen MR) is 125 cm³/mol. The van der Waals surface area contributed by atoms with Gasteiger partial charge in [0.05, 0.1) is 35.6 Å². The number of fused-ring (bicyclic) bond motifs is 1. The molecule has 1 aliphatic heterocycles.